The van der Waals surface area contributed by atoms with Crippen molar-refractivity contribution in [1.82, 2.24) is 9.80 Å². The standard InChI is InChI=1S/C17H32N2O2/c1-4-18-9-10-19(15(11-18)12-20-3)13-17-7-5-16(2,6-8-17)14-21-17/h15H,4-14H2,1-3H3/t15-,16?,17?/m1/s1. The lowest BCUT2D eigenvalue weighted by Crippen LogP contribution is -2.61. The van der Waals surface area contributed by atoms with Crippen molar-refractivity contribution in [2.24, 2.45) is 5.41 Å². The molecule has 0 radical (unpaired) electrons. The van der Waals surface area contributed by atoms with E-state index < -0.39 is 0 Å². The van der Waals surface area contributed by atoms with Crippen molar-refractivity contribution in [3.63, 3.8) is 0 Å². The number of fused-ring (bicyclic) bond motifs is 3. The molecule has 4 nitrogen and oxygen atoms in total. The maximum Gasteiger partial charge on any atom is 0.0809 e. The average molecular weight is 296 g/mol. The number of hydrogen-bond donors (Lipinski definition) is 0. The minimum atomic E-state index is 0.137. The summed E-state index contributed by atoms with van der Waals surface area (Å²) < 4.78 is 11.8. The molecule has 0 aromatic rings. The zero-order chi connectivity index (χ0) is 14.9. The van der Waals surface area contributed by atoms with Crippen LogP contribution in [0, 0.1) is 5.41 Å². The van der Waals surface area contributed by atoms with Crippen LogP contribution in [0.1, 0.15) is 39.5 Å². The first kappa shape index (κ1) is 15.7. The van der Waals surface area contributed by atoms with Crippen LogP contribution in [0.2, 0.25) is 0 Å². The molecule has 0 spiro atoms. The molecule has 122 valence electrons. The minimum absolute atomic E-state index is 0.137. The SMILES string of the molecule is CCN1CCN(CC23CCC(C)(CC2)CO3)[C@@H](COC)C1. The molecule has 1 saturated carbocycles. The van der Waals surface area contributed by atoms with Gasteiger partial charge in [-0.25, -0.2) is 0 Å². The molecular weight excluding hydrogens is 264 g/mol. The quantitative estimate of drug-likeness (QED) is 0.774. The lowest BCUT2D eigenvalue weighted by Gasteiger charge is -2.54. The van der Waals surface area contributed by atoms with Gasteiger partial charge in [0.25, 0.3) is 0 Å². The Morgan fingerprint density at radius 3 is 2.52 bits per heavy atom. The summed E-state index contributed by atoms with van der Waals surface area (Å²) in [7, 11) is 1.82. The van der Waals surface area contributed by atoms with Gasteiger partial charge in [0.1, 0.15) is 0 Å². The van der Waals surface area contributed by atoms with Gasteiger partial charge in [0.05, 0.1) is 18.8 Å². The maximum atomic E-state index is 6.35. The molecule has 3 aliphatic heterocycles. The lowest BCUT2D eigenvalue weighted by atomic mass is 9.67. The van der Waals surface area contributed by atoms with Crippen molar-refractivity contribution >= 4 is 0 Å². The first-order valence-electron chi connectivity index (χ1n) is 8.67. The van der Waals surface area contributed by atoms with E-state index in [0.717, 1.165) is 39.4 Å². The number of methoxy groups -OCH3 is 1. The fourth-order valence-corrected chi connectivity index (χ4v) is 4.30. The van der Waals surface area contributed by atoms with Gasteiger partial charge in [-0.3, -0.25) is 4.90 Å². The molecule has 0 unspecified atom stereocenters. The normalized spacial score (nSPS) is 41.6. The van der Waals surface area contributed by atoms with Crippen LogP contribution in [0.25, 0.3) is 0 Å². The van der Waals surface area contributed by atoms with Crippen molar-refractivity contribution in [2.45, 2.75) is 51.2 Å². The number of nitrogens with zero attached hydrogens (tertiary/aromatic N) is 2. The summed E-state index contributed by atoms with van der Waals surface area (Å²) in [5.41, 5.74) is 0.604. The summed E-state index contributed by atoms with van der Waals surface area (Å²) in [6.45, 7) is 12.2. The van der Waals surface area contributed by atoms with E-state index in [9.17, 15) is 0 Å². The van der Waals surface area contributed by atoms with Crippen LogP contribution in [-0.4, -0.2) is 74.5 Å². The summed E-state index contributed by atoms with van der Waals surface area (Å²) in [5, 5.41) is 0. The fourth-order valence-electron chi connectivity index (χ4n) is 4.30. The smallest absolute Gasteiger partial charge is 0.0809 e. The molecule has 3 heterocycles. The van der Waals surface area contributed by atoms with Crippen molar-refractivity contribution in [2.75, 3.05) is 53.0 Å². The summed E-state index contributed by atoms with van der Waals surface area (Å²) >= 11 is 0. The molecule has 0 aromatic carbocycles. The molecule has 0 N–H and O–H groups in total. The third-order valence-electron chi connectivity index (χ3n) is 6.08. The molecule has 4 aliphatic rings. The first-order valence-corrected chi connectivity index (χ1v) is 8.67. The van der Waals surface area contributed by atoms with Gasteiger partial charge in [-0.2, -0.15) is 0 Å². The third-order valence-corrected chi connectivity index (χ3v) is 6.08. The van der Waals surface area contributed by atoms with Crippen LogP contribution in [0.3, 0.4) is 0 Å². The van der Waals surface area contributed by atoms with Gasteiger partial charge < -0.3 is 14.4 Å². The molecule has 21 heavy (non-hydrogen) atoms. The van der Waals surface area contributed by atoms with Crippen molar-refractivity contribution in [3.05, 3.63) is 0 Å². The van der Waals surface area contributed by atoms with Gasteiger partial charge in [-0.1, -0.05) is 13.8 Å². The van der Waals surface area contributed by atoms with Gasteiger partial charge in [0.2, 0.25) is 0 Å². The largest absolute Gasteiger partial charge is 0.383 e. The molecule has 3 saturated heterocycles. The zero-order valence-electron chi connectivity index (χ0n) is 14.1. The Labute approximate surface area is 129 Å². The van der Waals surface area contributed by atoms with Gasteiger partial charge in [0, 0.05) is 39.3 Å². The maximum absolute atomic E-state index is 6.35. The van der Waals surface area contributed by atoms with E-state index in [1.807, 2.05) is 7.11 Å². The van der Waals surface area contributed by atoms with Crippen molar-refractivity contribution < 1.29 is 9.47 Å². The molecule has 1 aliphatic carbocycles. The highest BCUT2D eigenvalue weighted by atomic mass is 16.5. The van der Waals surface area contributed by atoms with E-state index in [2.05, 4.69) is 23.6 Å². The third kappa shape index (κ3) is 3.29. The van der Waals surface area contributed by atoms with Crippen LogP contribution in [-0.2, 0) is 9.47 Å². The van der Waals surface area contributed by atoms with E-state index >= 15 is 0 Å². The summed E-state index contributed by atoms with van der Waals surface area (Å²) in [6.07, 6.45) is 5.18. The Kier molecular flexibility index (Phi) is 4.60. The molecule has 0 aromatic heterocycles. The number of hydrogen-bond acceptors (Lipinski definition) is 4. The molecule has 4 heteroatoms. The predicted molar refractivity (Wildman–Crippen MR) is 84.6 cm³/mol. The molecule has 0 amide bonds. The molecule has 4 rings (SSSR count). The Hall–Kier alpha value is -0.160. The second kappa shape index (κ2) is 6.15. The van der Waals surface area contributed by atoms with E-state index in [0.29, 0.717) is 11.5 Å². The highest BCUT2D eigenvalue weighted by Crippen LogP contribution is 2.48. The van der Waals surface area contributed by atoms with Gasteiger partial charge >= 0.3 is 0 Å². The monoisotopic (exact) mass is 296 g/mol. The summed E-state index contributed by atoms with van der Waals surface area (Å²) in [4.78, 5) is 5.18. The summed E-state index contributed by atoms with van der Waals surface area (Å²) in [6, 6.07) is 0.525. The van der Waals surface area contributed by atoms with Crippen LogP contribution in [0.15, 0.2) is 0 Å². The number of piperazine rings is 1. The number of ether oxygens (including phenoxy) is 2. The highest BCUT2D eigenvalue weighted by molar-refractivity contribution is 5.00. The molecule has 1 atom stereocenters. The van der Waals surface area contributed by atoms with E-state index in [1.165, 1.54) is 32.2 Å². The molecule has 2 bridgehead atoms. The van der Waals surface area contributed by atoms with Crippen molar-refractivity contribution in [3.8, 4) is 0 Å². The van der Waals surface area contributed by atoms with Gasteiger partial charge in [-0.15, -0.1) is 0 Å². The number of rotatable bonds is 5. The summed E-state index contributed by atoms with van der Waals surface area (Å²) in [5.74, 6) is 0. The van der Waals surface area contributed by atoms with Crippen LogP contribution in [0.4, 0.5) is 0 Å². The average Bonchev–Trinajstić information content (AvgIpc) is 2.51. The second-order valence-corrected chi connectivity index (χ2v) is 7.76. The zero-order valence-corrected chi connectivity index (χ0v) is 14.1. The molecular formula is C17H32N2O2. The first-order chi connectivity index (χ1) is 10.1. The Morgan fingerprint density at radius 1 is 1.19 bits per heavy atom. The van der Waals surface area contributed by atoms with Gasteiger partial charge in [0.15, 0.2) is 0 Å². The molecule has 4 fully saturated rings. The predicted octanol–water partition coefficient (Wildman–Crippen LogP) is 1.99. The minimum Gasteiger partial charge on any atom is -0.383 e. The van der Waals surface area contributed by atoms with Crippen LogP contribution >= 0.6 is 0 Å². The van der Waals surface area contributed by atoms with Crippen molar-refractivity contribution in [1.29, 1.82) is 0 Å². The van der Waals surface area contributed by atoms with Crippen LogP contribution < -0.4 is 0 Å². The van der Waals surface area contributed by atoms with E-state index in [1.54, 1.807) is 0 Å². The lowest BCUT2D eigenvalue weighted by molar-refractivity contribution is -0.191. The Morgan fingerprint density at radius 2 is 1.95 bits per heavy atom. The highest BCUT2D eigenvalue weighted by Gasteiger charge is 2.48. The Bertz CT molecular complexity index is 336. The van der Waals surface area contributed by atoms with Crippen LogP contribution in [0.5, 0.6) is 0 Å². The van der Waals surface area contributed by atoms with E-state index in [-0.39, 0.29) is 5.60 Å². The fraction of sp³-hybridized carbons (Fsp3) is 1.00. The second-order valence-electron chi connectivity index (χ2n) is 7.76. The van der Waals surface area contributed by atoms with E-state index in [4.69, 9.17) is 9.47 Å². The number of likely N-dealkylation sites (N-methyl/N-ethyl adjacent to an activating group) is 1. The van der Waals surface area contributed by atoms with Gasteiger partial charge in [-0.05, 0) is 37.6 Å². The Balaban J connectivity index is 1.63. The topological polar surface area (TPSA) is 24.9 Å².